The number of H-pyrrole nitrogens is 1. The van der Waals surface area contributed by atoms with E-state index in [1.807, 2.05) is 18.5 Å². The maximum Gasteiger partial charge on any atom is 0.108 e. The van der Waals surface area contributed by atoms with E-state index in [9.17, 15) is 0 Å². The van der Waals surface area contributed by atoms with Crippen molar-refractivity contribution in [2.24, 2.45) is 5.73 Å². The van der Waals surface area contributed by atoms with Gasteiger partial charge in [-0.2, -0.15) is 0 Å². The van der Waals surface area contributed by atoms with Crippen molar-refractivity contribution in [2.75, 3.05) is 0 Å². The number of aromatic nitrogens is 2. The van der Waals surface area contributed by atoms with Crippen molar-refractivity contribution in [1.82, 2.24) is 9.97 Å². The highest BCUT2D eigenvalue weighted by Gasteiger charge is 2.24. The molecule has 2 rings (SSSR count). The topological polar surface area (TPSA) is 54.7 Å². The summed E-state index contributed by atoms with van der Waals surface area (Å²) in [6, 6.07) is 2.06. The van der Waals surface area contributed by atoms with Crippen LogP contribution in [-0.2, 0) is 12.0 Å². The predicted octanol–water partition coefficient (Wildman–Crippen LogP) is 2.65. The first-order chi connectivity index (χ1) is 7.08. The molecule has 0 amide bonds. The molecule has 0 saturated heterocycles. The molecular weight excluding hydrogens is 274 g/mol. The summed E-state index contributed by atoms with van der Waals surface area (Å²) in [5, 5.41) is 2.04. The highest BCUT2D eigenvalue weighted by molar-refractivity contribution is 9.10. The molecule has 80 valence electrons. The van der Waals surface area contributed by atoms with Gasteiger partial charge in [0.1, 0.15) is 5.82 Å². The number of hydrogen-bond donors (Lipinski definition) is 2. The number of halogens is 1. The van der Waals surface area contributed by atoms with Gasteiger partial charge in [0.2, 0.25) is 0 Å². The monoisotopic (exact) mass is 285 g/mol. The number of nitrogens with one attached hydrogen (secondary N) is 1. The van der Waals surface area contributed by atoms with Crippen LogP contribution in [0.3, 0.4) is 0 Å². The lowest BCUT2D eigenvalue weighted by atomic mass is 9.97. The van der Waals surface area contributed by atoms with Crippen LogP contribution in [0.4, 0.5) is 0 Å². The fourth-order valence-electron chi connectivity index (χ4n) is 1.44. The molecule has 2 aromatic heterocycles. The van der Waals surface area contributed by atoms with Crippen molar-refractivity contribution < 1.29 is 0 Å². The van der Waals surface area contributed by atoms with E-state index in [1.54, 1.807) is 17.5 Å². The van der Waals surface area contributed by atoms with Crippen molar-refractivity contribution in [3.63, 3.8) is 0 Å². The van der Waals surface area contributed by atoms with Gasteiger partial charge in [0, 0.05) is 33.5 Å². The van der Waals surface area contributed by atoms with Crippen LogP contribution in [0, 0.1) is 0 Å². The zero-order valence-electron chi connectivity index (χ0n) is 8.33. The second kappa shape index (κ2) is 4.08. The first kappa shape index (κ1) is 10.9. The van der Waals surface area contributed by atoms with Crippen LogP contribution < -0.4 is 5.73 Å². The molecule has 2 aromatic rings. The Kier molecular flexibility index (Phi) is 2.95. The smallest absolute Gasteiger partial charge is 0.108 e. The van der Waals surface area contributed by atoms with Crippen molar-refractivity contribution in [2.45, 2.75) is 18.9 Å². The van der Waals surface area contributed by atoms with Crippen molar-refractivity contribution in [3.05, 3.63) is 39.0 Å². The van der Waals surface area contributed by atoms with Crippen LogP contribution >= 0.6 is 27.3 Å². The molecule has 3 N–H and O–H groups in total. The quantitative estimate of drug-likeness (QED) is 0.911. The third kappa shape index (κ3) is 2.48. The summed E-state index contributed by atoms with van der Waals surface area (Å²) in [5.41, 5.74) is 5.91. The summed E-state index contributed by atoms with van der Waals surface area (Å²) < 4.78 is 1.08. The Balaban J connectivity index is 2.20. The molecule has 2 heterocycles. The minimum Gasteiger partial charge on any atom is -0.349 e. The minimum atomic E-state index is -0.367. The van der Waals surface area contributed by atoms with Gasteiger partial charge in [0.15, 0.2) is 0 Å². The highest BCUT2D eigenvalue weighted by atomic mass is 79.9. The molecule has 0 aliphatic rings. The van der Waals surface area contributed by atoms with Crippen LogP contribution in [0.25, 0.3) is 0 Å². The van der Waals surface area contributed by atoms with E-state index in [4.69, 9.17) is 5.73 Å². The Labute approximate surface area is 101 Å². The van der Waals surface area contributed by atoms with E-state index in [0.29, 0.717) is 6.42 Å². The molecule has 3 nitrogen and oxygen atoms in total. The van der Waals surface area contributed by atoms with E-state index in [2.05, 4.69) is 32.0 Å². The average Bonchev–Trinajstić information content (AvgIpc) is 2.75. The lowest BCUT2D eigenvalue weighted by molar-refractivity contribution is 0.490. The van der Waals surface area contributed by atoms with Crippen LogP contribution in [-0.4, -0.2) is 9.97 Å². The lowest BCUT2D eigenvalue weighted by Gasteiger charge is -2.21. The SMILES string of the molecule is C[C@](N)(Cc1ncc[nH]1)c1cc(Br)cs1. The van der Waals surface area contributed by atoms with Gasteiger partial charge >= 0.3 is 0 Å². The molecule has 0 spiro atoms. The highest BCUT2D eigenvalue weighted by Crippen LogP contribution is 2.29. The second-order valence-corrected chi connectivity index (χ2v) is 5.59. The number of thiophene rings is 1. The third-order valence-electron chi connectivity index (χ3n) is 2.22. The zero-order chi connectivity index (χ0) is 10.9. The van der Waals surface area contributed by atoms with Gasteiger partial charge in [0.25, 0.3) is 0 Å². The number of hydrogen-bond acceptors (Lipinski definition) is 3. The number of imidazole rings is 1. The molecule has 0 aliphatic carbocycles. The Morgan fingerprint density at radius 2 is 2.47 bits per heavy atom. The van der Waals surface area contributed by atoms with Gasteiger partial charge in [-0.3, -0.25) is 0 Å². The maximum atomic E-state index is 6.27. The number of nitrogens with zero attached hydrogens (tertiary/aromatic N) is 1. The Hall–Kier alpha value is -0.650. The molecule has 0 aliphatic heterocycles. The standard InChI is InChI=1S/C10H12BrN3S/c1-10(12,5-9-13-2-3-14-9)8-4-7(11)6-15-8/h2-4,6H,5,12H2,1H3,(H,13,14)/t10-/m0/s1. The molecule has 15 heavy (non-hydrogen) atoms. The zero-order valence-corrected chi connectivity index (χ0v) is 10.7. The Morgan fingerprint density at radius 1 is 1.67 bits per heavy atom. The summed E-state index contributed by atoms with van der Waals surface area (Å²) in [6.45, 7) is 2.02. The summed E-state index contributed by atoms with van der Waals surface area (Å²) in [5.74, 6) is 0.921. The molecule has 0 radical (unpaired) electrons. The molecule has 0 bridgehead atoms. The molecular formula is C10H12BrN3S. The normalized spacial score (nSPS) is 15.1. The van der Waals surface area contributed by atoms with E-state index >= 15 is 0 Å². The predicted molar refractivity (Wildman–Crippen MR) is 65.9 cm³/mol. The van der Waals surface area contributed by atoms with E-state index in [-0.39, 0.29) is 5.54 Å². The van der Waals surface area contributed by atoms with Crippen LogP contribution in [0.2, 0.25) is 0 Å². The summed E-state index contributed by atoms with van der Waals surface area (Å²) in [6.07, 6.45) is 4.28. The van der Waals surface area contributed by atoms with Crippen LogP contribution in [0.15, 0.2) is 28.3 Å². The van der Waals surface area contributed by atoms with Gasteiger partial charge in [-0.15, -0.1) is 11.3 Å². The van der Waals surface area contributed by atoms with Crippen molar-refractivity contribution in [3.8, 4) is 0 Å². The Morgan fingerprint density at radius 3 is 3.00 bits per heavy atom. The number of rotatable bonds is 3. The van der Waals surface area contributed by atoms with Crippen LogP contribution in [0.5, 0.6) is 0 Å². The van der Waals surface area contributed by atoms with Crippen molar-refractivity contribution in [1.29, 1.82) is 0 Å². The van der Waals surface area contributed by atoms with Gasteiger partial charge in [-0.1, -0.05) is 0 Å². The molecule has 0 fully saturated rings. The molecule has 0 unspecified atom stereocenters. The first-order valence-electron chi connectivity index (χ1n) is 4.59. The average molecular weight is 286 g/mol. The van der Waals surface area contributed by atoms with Gasteiger partial charge < -0.3 is 10.7 Å². The molecule has 5 heteroatoms. The fourth-order valence-corrected chi connectivity index (χ4v) is 2.95. The van der Waals surface area contributed by atoms with Gasteiger partial charge in [-0.25, -0.2) is 4.98 Å². The summed E-state index contributed by atoms with van der Waals surface area (Å²) in [4.78, 5) is 8.42. The molecule has 1 atom stereocenters. The van der Waals surface area contributed by atoms with Gasteiger partial charge in [0.05, 0.1) is 5.54 Å². The maximum absolute atomic E-state index is 6.27. The van der Waals surface area contributed by atoms with Gasteiger partial charge in [-0.05, 0) is 28.9 Å². The molecule has 0 aromatic carbocycles. The van der Waals surface area contributed by atoms with Crippen LogP contribution in [0.1, 0.15) is 17.6 Å². The summed E-state index contributed by atoms with van der Waals surface area (Å²) in [7, 11) is 0. The lowest BCUT2D eigenvalue weighted by Crippen LogP contribution is -2.34. The number of nitrogens with two attached hydrogens (primary N) is 1. The third-order valence-corrected chi connectivity index (χ3v) is 4.19. The van der Waals surface area contributed by atoms with E-state index in [0.717, 1.165) is 15.2 Å². The largest absolute Gasteiger partial charge is 0.349 e. The first-order valence-corrected chi connectivity index (χ1v) is 6.27. The van der Waals surface area contributed by atoms with E-state index in [1.165, 1.54) is 0 Å². The second-order valence-electron chi connectivity index (χ2n) is 3.76. The summed E-state index contributed by atoms with van der Waals surface area (Å²) >= 11 is 5.10. The Bertz CT molecular complexity index is 433. The molecule has 0 saturated carbocycles. The number of aromatic amines is 1. The van der Waals surface area contributed by atoms with E-state index < -0.39 is 0 Å². The minimum absolute atomic E-state index is 0.367. The fraction of sp³-hybridized carbons (Fsp3) is 0.300. The van der Waals surface area contributed by atoms with Crippen molar-refractivity contribution >= 4 is 27.3 Å².